The smallest absolute Gasteiger partial charge is 0.305 e. The van der Waals surface area contributed by atoms with E-state index in [1.807, 2.05) is 0 Å². The number of aliphatic hydroxyl groups excluding tert-OH is 7. The van der Waals surface area contributed by atoms with Crippen molar-refractivity contribution in [1.29, 1.82) is 0 Å². The molecule has 2 rings (SSSR count). The zero-order valence-electron chi connectivity index (χ0n) is 26.5. The highest BCUT2D eigenvalue weighted by Gasteiger charge is 2.51. The van der Waals surface area contributed by atoms with Gasteiger partial charge in [-0.1, -0.05) is 77.6 Å². The number of rotatable bonds is 22. The topological polar surface area (TPSA) is 205 Å². The molecule has 2 heterocycles. The van der Waals surface area contributed by atoms with E-state index in [0.29, 0.717) is 6.42 Å². The third-order valence-corrected chi connectivity index (χ3v) is 8.56. The van der Waals surface area contributed by atoms with Crippen molar-refractivity contribution < 1.29 is 64.2 Å². The highest BCUT2D eigenvalue weighted by molar-refractivity contribution is 5.68. The Morgan fingerprint density at radius 3 is 1.70 bits per heavy atom. The summed E-state index contributed by atoms with van der Waals surface area (Å²) in [5, 5.41) is 71.6. The predicted molar refractivity (Wildman–Crippen MR) is 158 cm³/mol. The minimum atomic E-state index is -1.72. The van der Waals surface area contributed by atoms with Crippen molar-refractivity contribution in [2.24, 2.45) is 0 Å². The average molecular weight is 639 g/mol. The Morgan fingerprint density at radius 2 is 1.16 bits per heavy atom. The van der Waals surface area contributed by atoms with Gasteiger partial charge in [0.15, 0.2) is 12.6 Å². The van der Waals surface area contributed by atoms with E-state index in [9.17, 15) is 40.5 Å². The molecule has 0 bridgehead atoms. The van der Waals surface area contributed by atoms with Gasteiger partial charge in [0.05, 0.1) is 26.4 Å². The maximum absolute atomic E-state index is 11.2. The zero-order valence-corrected chi connectivity index (χ0v) is 26.5. The van der Waals surface area contributed by atoms with Crippen LogP contribution in [0.5, 0.6) is 0 Å². The monoisotopic (exact) mass is 638 g/mol. The summed E-state index contributed by atoms with van der Waals surface area (Å²) in [6.45, 7) is 0.902. The fourth-order valence-electron chi connectivity index (χ4n) is 5.72. The Hall–Kier alpha value is -0.970. The van der Waals surface area contributed by atoms with Crippen molar-refractivity contribution >= 4 is 5.97 Å². The molecule has 1 unspecified atom stereocenters. The van der Waals surface area contributed by atoms with E-state index < -0.39 is 74.6 Å². The summed E-state index contributed by atoms with van der Waals surface area (Å²) < 4.78 is 28.1. The summed E-state index contributed by atoms with van der Waals surface area (Å²) in [4.78, 5) is 11.2. The van der Waals surface area contributed by atoms with Crippen molar-refractivity contribution in [2.45, 2.75) is 171 Å². The van der Waals surface area contributed by atoms with Crippen molar-refractivity contribution in [1.82, 2.24) is 0 Å². The number of methoxy groups -OCH3 is 1. The van der Waals surface area contributed by atoms with Crippen LogP contribution in [0.15, 0.2) is 0 Å². The molecule has 0 spiro atoms. The van der Waals surface area contributed by atoms with Gasteiger partial charge in [0, 0.05) is 6.42 Å². The van der Waals surface area contributed by atoms with Crippen LogP contribution in [0.3, 0.4) is 0 Å². The molecule has 260 valence electrons. The second-order valence-electron chi connectivity index (χ2n) is 12.1. The van der Waals surface area contributed by atoms with E-state index in [4.69, 9.17) is 18.9 Å². The lowest BCUT2D eigenvalue weighted by Crippen LogP contribution is -2.65. The highest BCUT2D eigenvalue weighted by Crippen LogP contribution is 2.31. The average Bonchev–Trinajstić information content (AvgIpc) is 3.02. The molecule has 0 aromatic heterocycles. The maximum Gasteiger partial charge on any atom is 0.305 e. The van der Waals surface area contributed by atoms with Crippen LogP contribution in [-0.2, 0) is 28.5 Å². The number of aliphatic hydroxyl groups is 7. The number of esters is 1. The van der Waals surface area contributed by atoms with Crippen LogP contribution in [-0.4, -0.2) is 130 Å². The standard InChI is InChI=1S/C31H58O13/c1-3-4-5-12-15-20(16-13-10-8-6-7-9-11-14-17-23(34)40-2)41-31-29(27(38)25(36)22(19-33)43-31)44-30-28(39)26(37)24(35)21(18-32)42-30/h20-22,24-33,35-39H,3-19H2,1-2H3/t20?,21-,22-,24-,25-,26+,27+,28+,29+,30-,31+/m1/s1. The fraction of sp³-hybridized carbons (Fsp3) is 0.968. The molecule has 0 radical (unpaired) electrons. The summed E-state index contributed by atoms with van der Waals surface area (Å²) in [6.07, 6.45) is -0.759. The van der Waals surface area contributed by atoms with Gasteiger partial charge in [0.2, 0.25) is 0 Å². The van der Waals surface area contributed by atoms with E-state index in [1.165, 1.54) is 7.11 Å². The first-order chi connectivity index (χ1) is 21.2. The molecule has 13 heteroatoms. The quantitative estimate of drug-likeness (QED) is 0.0655. The fourth-order valence-corrected chi connectivity index (χ4v) is 5.72. The lowest BCUT2D eigenvalue weighted by Gasteiger charge is -2.46. The third-order valence-electron chi connectivity index (χ3n) is 8.56. The summed E-state index contributed by atoms with van der Waals surface area (Å²) in [6, 6.07) is 0. The van der Waals surface area contributed by atoms with Crippen LogP contribution in [0.1, 0.15) is 103 Å². The van der Waals surface area contributed by atoms with E-state index in [2.05, 4.69) is 11.7 Å². The molecule has 44 heavy (non-hydrogen) atoms. The Labute approximate surface area is 261 Å². The first-order valence-corrected chi connectivity index (χ1v) is 16.5. The molecular formula is C31H58O13. The molecule has 0 aromatic carbocycles. The van der Waals surface area contributed by atoms with Crippen LogP contribution < -0.4 is 0 Å². The van der Waals surface area contributed by atoms with E-state index in [0.717, 1.165) is 89.9 Å². The summed E-state index contributed by atoms with van der Waals surface area (Å²) in [7, 11) is 1.40. The highest BCUT2D eigenvalue weighted by atomic mass is 16.8. The number of hydrogen-bond donors (Lipinski definition) is 7. The minimum absolute atomic E-state index is 0.167. The molecule has 7 N–H and O–H groups in total. The van der Waals surface area contributed by atoms with Crippen molar-refractivity contribution in [3.05, 3.63) is 0 Å². The van der Waals surface area contributed by atoms with Gasteiger partial charge in [0.1, 0.15) is 48.8 Å². The number of carbonyl (C=O) groups excluding carboxylic acids is 1. The van der Waals surface area contributed by atoms with Gasteiger partial charge < -0.3 is 59.4 Å². The number of ether oxygens (including phenoxy) is 5. The molecular weight excluding hydrogens is 580 g/mol. The Morgan fingerprint density at radius 1 is 0.659 bits per heavy atom. The molecule has 13 nitrogen and oxygen atoms in total. The third kappa shape index (κ3) is 12.7. The van der Waals surface area contributed by atoms with Gasteiger partial charge >= 0.3 is 5.97 Å². The lowest BCUT2D eigenvalue weighted by atomic mass is 9.97. The van der Waals surface area contributed by atoms with Gasteiger partial charge in [-0.2, -0.15) is 0 Å². The molecule has 0 aliphatic carbocycles. The van der Waals surface area contributed by atoms with Gasteiger partial charge in [-0.3, -0.25) is 4.79 Å². The van der Waals surface area contributed by atoms with Crippen molar-refractivity contribution in [3.8, 4) is 0 Å². The Bertz CT molecular complexity index is 756. The number of carbonyl (C=O) groups is 1. The number of hydrogen-bond acceptors (Lipinski definition) is 13. The first kappa shape index (κ1) is 39.2. The van der Waals surface area contributed by atoms with Crippen LogP contribution in [0.4, 0.5) is 0 Å². The van der Waals surface area contributed by atoms with E-state index in [-0.39, 0.29) is 12.1 Å². The molecule has 2 aliphatic rings. The SMILES string of the molecule is CCCCCCC(CCCCCCCCCCC(=O)OC)O[C@H]1O[C@H](CO)[C@@H](O)[C@H](O)[C@@H]1O[C@H]1O[C@H](CO)[C@@H](O)[C@H](O)[C@@H]1O. The van der Waals surface area contributed by atoms with Gasteiger partial charge in [-0.25, -0.2) is 0 Å². The second kappa shape index (κ2) is 21.8. The molecule has 2 saturated heterocycles. The Kier molecular flexibility index (Phi) is 19.4. The van der Waals surface area contributed by atoms with Gasteiger partial charge in [-0.05, 0) is 19.3 Å². The molecule has 0 saturated carbocycles. The lowest BCUT2D eigenvalue weighted by molar-refractivity contribution is -0.372. The van der Waals surface area contributed by atoms with Crippen LogP contribution in [0, 0.1) is 0 Å². The molecule has 11 atom stereocenters. The normalized spacial score (nSPS) is 33.3. The maximum atomic E-state index is 11.2. The molecule has 2 fully saturated rings. The van der Waals surface area contributed by atoms with Crippen LogP contribution in [0.2, 0.25) is 0 Å². The van der Waals surface area contributed by atoms with Crippen molar-refractivity contribution in [3.63, 3.8) is 0 Å². The van der Waals surface area contributed by atoms with Gasteiger partial charge in [0.25, 0.3) is 0 Å². The largest absolute Gasteiger partial charge is 0.469 e. The molecule has 0 amide bonds. The first-order valence-electron chi connectivity index (χ1n) is 16.5. The van der Waals surface area contributed by atoms with E-state index in [1.54, 1.807) is 0 Å². The summed E-state index contributed by atoms with van der Waals surface area (Å²) in [5.41, 5.74) is 0. The van der Waals surface area contributed by atoms with Gasteiger partial charge in [-0.15, -0.1) is 0 Å². The molecule has 0 aromatic rings. The summed E-state index contributed by atoms with van der Waals surface area (Å²) >= 11 is 0. The van der Waals surface area contributed by atoms with E-state index >= 15 is 0 Å². The molecule has 2 aliphatic heterocycles. The second-order valence-corrected chi connectivity index (χ2v) is 12.1. The predicted octanol–water partition coefficient (Wildman–Crippen LogP) is 1.04. The van der Waals surface area contributed by atoms with Crippen LogP contribution in [0.25, 0.3) is 0 Å². The van der Waals surface area contributed by atoms with Crippen LogP contribution >= 0.6 is 0 Å². The minimum Gasteiger partial charge on any atom is -0.469 e. The van der Waals surface area contributed by atoms with Crippen molar-refractivity contribution in [2.75, 3.05) is 20.3 Å². The Balaban J connectivity index is 1.98. The zero-order chi connectivity index (χ0) is 32.5. The number of unbranched alkanes of at least 4 members (excludes halogenated alkanes) is 10. The summed E-state index contributed by atoms with van der Waals surface area (Å²) in [5.74, 6) is -0.167.